The molecule has 0 N–H and O–H groups in total. The Morgan fingerprint density at radius 1 is 0.882 bits per heavy atom. The monoisotopic (exact) mass is 510 g/mol. The molecule has 0 amide bonds. The number of fused-ring (bicyclic) bond motifs is 1. The first-order valence-electron chi connectivity index (χ1n) is 12.2. The molecule has 0 saturated carbocycles. The van der Waals surface area contributed by atoms with Crippen LogP contribution in [0.2, 0.25) is 39.3 Å². The lowest BCUT2D eigenvalue weighted by atomic mass is 10.0. The van der Waals surface area contributed by atoms with Crippen molar-refractivity contribution in [2.45, 2.75) is 64.2 Å². The van der Waals surface area contributed by atoms with Gasteiger partial charge in [-0.05, 0) is 75.2 Å². The molecule has 0 aromatic heterocycles. The zero-order valence-electron chi connectivity index (χ0n) is 21.8. The van der Waals surface area contributed by atoms with Crippen LogP contribution in [-0.4, -0.2) is 34.3 Å². The Hall–Kier alpha value is -1.54. The molecule has 4 nitrogen and oxygen atoms in total. The van der Waals surface area contributed by atoms with Gasteiger partial charge in [0.05, 0.1) is 0 Å². The van der Waals surface area contributed by atoms with Crippen molar-refractivity contribution in [1.82, 2.24) is 4.67 Å². The van der Waals surface area contributed by atoms with Crippen molar-refractivity contribution in [3.05, 3.63) is 83.9 Å². The standard InChI is InChI=1S/C27H39N2O2PSi2/c1-21-26(23-16-10-9-11-17-23)30-32(29(21)2,28-33(3,4)5)27(31-34(6,7)8)25-20-14-18-22-15-12-13-19-24(22)25/h9-21,26-27H,1-8H3/t21-,26-,27+,32?/m0/s1. The Morgan fingerprint density at radius 2 is 1.50 bits per heavy atom. The average Bonchev–Trinajstić information content (AvgIpc) is 3.02. The molecule has 1 unspecified atom stereocenters. The van der Waals surface area contributed by atoms with Gasteiger partial charge in [-0.15, -0.1) is 0 Å². The van der Waals surface area contributed by atoms with Gasteiger partial charge in [-0.1, -0.05) is 72.8 Å². The van der Waals surface area contributed by atoms with Crippen molar-refractivity contribution >= 4 is 34.8 Å². The summed E-state index contributed by atoms with van der Waals surface area (Å²) >= 11 is 0. The molecule has 0 aliphatic carbocycles. The Kier molecular flexibility index (Phi) is 7.13. The summed E-state index contributed by atoms with van der Waals surface area (Å²) in [6, 6.07) is 26.0. The molecule has 7 heteroatoms. The molecule has 1 saturated heterocycles. The normalized spacial score (nSPS) is 24.9. The molecule has 3 aromatic rings. The number of benzene rings is 3. The lowest BCUT2D eigenvalue weighted by molar-refractivity contribution is 0.202. The third-order valence-electron chi connectivity index (χ3n) is 6.18. The summed E-state index contributed by atoms with van der Waals surface area (Å²) < 4.78 is 22.5. The number of nitrogens with zero attached hydrogens (tertiary/aromatic N) is 2. The van der Waals surface area contributed by atoms with E-state index < -0.39 is 24.0 Å². The summed E-state index contributed by atoms with van der Waals surface area (Å²) in [4.78, 5) is 0. The molecule has 1 aliphatic rings. The molecule has 1 heterocycles. The second kappa shape index (κ2) is 9.49. The van der Waals surface area contributed by atoms with Crippen molar-refractivity contribution in [2.24, 2.45) is 4.41 Å². The van der Waals surface area contributed by atoms with Gasteiger partial charge < -0.3 is 13.4 Å². The lowest BCUT2D eigenvalue weighted by Crippen LogP contribution is -2.32. The zero-order valence-corrected chi connectivity index (χ0v) is 24.7. The van der Waals surface area contributed by atoms with Gasteiger partial charge in [0.15, 0.2) is 24.0 Å². The fraction of sp³-hybridized carbons (Fsp3) is 0.407. The van der Waals surface area contributed by atoms with Crippen molar-refractivity contribution in [3.8, 4) is 0 Å². The van der Waals surface area contributed by atoms with Gasteiger partial charge in [-0.2, -0.15) is 0 Å². The largest absolute Gasteiger partial charge is 0.402 e. The van der Waals surface area contributed by atoms with Crippen molar-refractivity contribution in [3.63, 3.8) is 0 Å². The van der Waals surface area contributed by atoms with Crippen LogP contribution < -0.4 is 0 Å². The molecule has 182 valence electrons. The molecule has 4 atom stereocenters. The molecular weight excluding hydrogens is 471 g/mol. The molecule has 3 aromatic carbocycles. The highest BCUT2D eigenvalue weighted by Crippen LogP contribution is 2.74. The van der Waals surface area contributed by atoms with Gasteiger partial charge >= 0.3 is 0 Å². The Balaban J connectivity index is 1.99. The van der Waals surface area contributed by atoms with E-state index in [0.717, 1.165) is 0 Å². The third kappa shape index (κ3) is 5.18. The van der Waals surface area contributed by atoms with Gasteiger partial charge in [-0.3, -0.25) is 0 Å². The van der Waals surface area contributed by atoms with Crippen LogP contribution in [0.1, 0.15) is 30.0 Å². The van der Waals surface area contributed by atoms with E-state index in [2.05, 4.69) is 131 Å². The van der Waals surface area contributed by atoms with Crippen LogP contribution >= 0.6 is 7.43 Å². The van der Waals surface area contributed by atoms with Gasteiger partial charge in [0, 0.05) is 6.04 Å². The number of hydrogen-bond donors (Lipinski definition) is 0. The van der Waals surface area contributed by atoms with Crippen molar-refractivity contribution in [1.29, 1.82) is 0 Å². The van der Waals surface area contributed by atoms with Crippen molar-refractivity contribution in [2.75, 3.05) is 7.05 Å². The minimum absolute atomic E-state index is 0.0395. The zero-order chi connectivity index (χ0) is 24.7. The highest BCUT2D eigenvalue weighted by Gasteiger charge is 2.52. The fourth-order valence-corrected chi connectivity index (χ4v) is 14.0. The quantitative estimate of drug-likeness (QED) is 0.246. The molecule has 1 fully saturated rings. The SMILES string of the molecule is C[C@H]1[C@@H](c2ccccc2)OP(=N[Si](C)(C)C)([C@@H](O[Si](C)(C)C)c2cccc3ccccc23)N1C. The molecule has 1 aliphatic heterocycles. The minimum atomic E-state index is -2.54. The first-order chi connectivity index (χ1) is 15.9. The molecule has 0 radical (unpaired) electrons. The molecule has 0 spiro atoms. The Morgan fingerprint density at radius 3 is 2.15 bits per heavy atom. The third-order valence-corrected chi connectivity index (χ3v) is 13.7. The van der Waals surface area contributed by atoms with Crippen LogP contribution in [-0.2, 0) is 8.95 Å². The summed E-state index contributed by atoms with van der Waals surface area (Å²) in [5.41, 5.74) is 2.41. The maximum atomic E-state index is 7.25. The molecular formula is C27H39N2O2PSi2. The van der Waals surface area contributed by atoms with E-state index in [1.807, 2.05) is 0 Å². The van der Waals surface area contributed by atoms with E-state index >= 15 is 0 Å². The van der Waals surface area contributed by atoms with E-state index in [4.69, 9.17) is 13.4 Å². The predicted octanol–water partition coefficient (Wildman–Crippen LogP) is 8.65. The first kappa shape index (κ1) is 25.6. The molecule has 34 heavy (non-hydrogen) atoms. The maximum absolute atomic E-state index is 7.25. The van der Waals surface area contributed by atoms with Crippen LogP contribution in [0.15, 0.2) is 77.2 Å². The van der Waals surface area contributed by atoms with Gasteiger partial charge in [0.1, 0.15) is 11.9 Å². The lowest BCUT2D eigenvalue weighted by Gasteiger charge is -2.40. The Labute approximate surface area is 207 Å². The number of likely N-dealkylation sites (N-methyl/N-ethyl adjacent to an activating group) is 1. The van der Waals surface area contributed by atoms with E-state index in [9.17, 15) is 0 Å². The second-order valence-electron chi connectivity index (χ2n) is 11.3. The van der Waals surface area contributed by atoms with Crippen LogP contribution in [0.4, 0.5) is 0 Å². The van der Waals surface area contributed by atoms with Gasteiger partial charge in [0.2, 0.25) is 0 Å². The van der Waals surface area contributed by atoms with Gasteiger partial charge in [0.25, 0.3) is 0 Å². The highest BCUT2D eigenvalue weighted by atomic mass is 31.2. The predicted molar refractivity (Wildman–Crippen MR) is 151 cm³/mol. The number of hydrogen-bond acceptors (Lipinski definition) is 3. The van der Waals surface area contributed by atoms with E-state index in [-0.39, 0.29) is 18.0 Å². The van der Waals surface area contributed by atoms with Crippen LogP contribution in [0.5, 0.6) is 0 Å². The summed E-state index contributed by atoms with van der Waals surface area (Å²) in [5, 5.41) is 2.45. The van der Waals surface area contributed by atoms with E-state index in [0.29, 0.717) is 0 Å². The van der Waals surface area contributed by atoms with Crippen LogP contribution in [0, 0.1) is 0 Å². The summed E-state index contributed by atoms with van der Waals surface area (Å²) in [6.45, 7) is 16.0. The van der Waals surface area contributed by atoms with E-state index in [1.54, 1.807) is 0 Å². The van der Waals surface area contributed by atoms with Crippen molar-refractivity contribution < 1.29 is 8.95 Å². The second-order valence-corrected chi connectivity index (χ2v) is 23.4. The smallest absolute Gasteiger partial charge is 0.185 e. The average molecular weight is 511 g/mol. The molecule has 4 rings (SSSR count). The maximum Gasteiger partial charge on any atom is 0.185 e. The topological polar surface area (TPSA) is 34.1 Å². The Bertz CT molecular complexity index is 1200. The first-order valence-corrected chi connectivity index (χ1v) is 20.7. The summed E-state index contributed by atoms with van der Waals surface area (Å²) in [7, 11) is -4.18. The van der Waals surface area contributed by atoms with Crippen LogP contribution in [0.25, 0.3) is 10.8 Å². The summed E-state index contributed by atoms with van der Waals surface area (Å²) in [6.07, 6.45) is -0.0395. The summed E-state index contributed by atoms with van der Waals surface area (Å²) in [5.74, 6) is -0.224. The number of rotatable bonds is 6. The van der Waals surface area contributed by atoms with Crippen LogP contribution in [0.3, 0.4) is 0 Å². The minimum Gasteiger partial charge on any atom is -0.402 e. The van der Waals surface area contributed by atoms with E-state index in [1.165, 1.54) is 21.9 Å². The molecule has 0 bridgehead atoms. The fourth-order valence-electron chi connectivity index (χ4n) is 4.68. The van der Waals surface area contributed by atoms with Gasteiger partial charge in [-0.25, -0.2) is 4.67 Å². The highest BCUT2D eigenvalue weighted by molar-refractivity contribution is 7.60.